The Bertz CT molecular complexity index is 315. The second-order valence-corrected chi connectivity index (χ2v) is 8.68. The van der Waals surface area contributed by atoms with Gasteiger partial charge in [0, 0.05) is 0 Å². The Morgan fingerprint density at radius 1 is 1.05 bits per heavy atom. The van der Waals surface area contributed by atoms with E-state index < -0.39 is 0 Å². The van der Waals surface area contributed by atoms with Gasteiger partial charge >= 0.3 is 0 Å². The summed E-state index contributed by atoms with van der Waals surface area (Å²) in [5, 5.41) is 0. The van der Waals surface area contributed by atoms with Gasteiger partial charge in [0.15, 0.2) is 0 Å². The van der Waals surface area contributed by atoms with Gasteiger partial charge in [0.25, 0.3) is 0 Å². The molecule has 0 N–H and O–H groups in total. The van der Waals surface area contributed by atoms with Crippen LogP contribution in [0.1, 0.15) is 59.8 Å². The molecule has 0 spiro atoms. The van der Waals surface area contributed by atoms with Crippen LogP contribution in [0.3, 0.4) is 0 Å². The van der Waals surface area contributed by atoms with Crippen LogP contribution in [-0.2, 0) is 9.47 Å². The van der Waals surface area contributed by atoms with Gasteiger partial charge in [-0.15, -0.1) is 0 Å². The number of hydrogen-bond donors (Lipinski definition) is 0. The summed E-state index contributed by atoms with van der Waals surface area (Å²) in [5.74, 6) is 3.72. The highest BCUT2D eigenvalue weighted by molar-refractivity contribution is 5.05. The molecule has 0 radical (unpaired) electrons. The zero-order valence-electron chi connectivity index (χ0n) is 13.1. The van der Waals surface area contributed by atoms with E-state index in [0.717, 1.165) is 30.3 Å². The van der Waals surface area contributed by atoms with Crippen molar-refractivity contribution < 1.29 is 9.47 Å². The van der Waals surface area contributed by atoms with Crippen molar-refractivity contribution in [2.24, 2.45) is 29.1 Å². The molecule has 4 aliphatic rings. The van der Waals surface area contributed by atoms with E-state index in [2.05, 4.69) is 27.7 Å². The number of ether oxygens (including phenoxy) is 2. The molecule has 4 fully saturated rings. The van der Waals surface area contributed by atoms with Crippen molar-refractivity contribution in [1.82, 2.24) is 0 Å². The Kier molecular flexibility index (Phi) is 3.46. The Hall–Kier alpha value is -0.0800. The largest absolute Gasteiger partial charge is 0.355 e. The van der Waals surface area contributed by atoms with E-state index in [1.807, 2.05) is 0 Å². The van der Waals surface area contributed by atoms with Crippen molar-refractivity contribution in [3.63, 3.8) is 0 Å². The van der Waals surface area contributed by atoms with E-state index in [1.165, 1.54) is 32.1 Å². The van der Waals surface area contributed by atoms with E-state index in [-0.39, 0.29) is 11.0 Å². The highest BCUT2D eigenvalue weighted by Gasteiger charge is 2.54. The van der Waals surface area contributed by atoms with Crippen molar-refractivity contribution in [3.05, 3.63) is 0 Å². The lowest BCUT2D eigenvalue weighted by molar-refractivity contribution is -0.223. The van der Waals surface area contributed by atoms with Crippen molar-refractivity contribution in [1.29, 1.82) is 0 Å². The molecular formula is C17H30O2. The fourth-order valence-electron chi connectivity index (χ4n) is 4.89. The molecule has 2 atom stereocenters. The highest BCUT2D eigenvalue weighted by atomic mass is 16.7. The first-order chi connectivity index (χ1) is 8.87. The summed E-state index contributed by atoms with van der Waals surface area (Å²) in [6, 6.07) is 0. The molecular weight excluding hydrogens is 236 g/mol. The summed E-state index contributed by atoms with van der Waals surface area (Å²) in [5.41, 5.74) is 0.417. The molecule has 4 rings (SSSR count). The van der Waals surface area contributed by atoms with E-state index in [4.69, 9.17) is 9.47 Å². The van der Waals surface area contributed by atoms with Gasteiger partial charge in [0.2, 0.25) is 0 Å². The molecule has 2 unspecified atom stereocenters. The minimum absolute atomic E-state index is 0.181. The minimum atomic E-state index is 0.181. The number of hydrogen-bond acceptors (Lipinski definition) is 2. The van der Waals surface area contributed by atoms with Gasteiger partial charge in [-0.05, 0) is 61.2 Å². The molecule has 0 aromatic rings. The molecule has 4 bridgehead atoms. The summed E-state index contributed by atoms with van der Waals surface area (Å²) in [4.78, 5) is 0. The van der Waals surface area contributed by atoms with E-state index in [1.54, 1.807) is 0 Å². The molecule has 0 amide bonds. The van der Waals surface area contributed by atoms with Gasteiger partial charge in [-0.3, -0.25) is 0 Å². The zero-order chi connectivity index (χ0) is 13.7. The van der Waals surface area contributed by atoms with Gasteiger partial charge in [-0.25, -0.2) is 0 Å². The topological polar surface area (TPSA) is 18.5 Å². The van der Waals surface area contributed by atoms with Crippen LogP contribution in [0.4, 0.5) is 0 Å². The molecule has 19 heavy (non-hydrogen) atoms. The Labute approximate surface area is 118 Å². The monoisotopic (exact) mass is 266 g/mol. The lowest BCUT2D eigenvalue weighted by atomic mass is 9.50. The van der Waals surface area contributed by atoms with Crippen LogP contribution in [0.5, 0.6) is 0 Å². The molecule has 2 heteroatoms. The second-order valence-electron chi connectivity index (χ2n) is 8.68. The molecule has 4 saturated carbocycles. The first-order valence-electron chi connectivity index (χ1n) is 8.09. The molecule has 2 nitrogen and oxygen atoms in total. The zero-order valence-corrected chi connectivity index (χ0v) is 13.1. The van der Waals surface area contributed by atoms with Crippen LogP contribution in [0.25, 0.3) is 0 Å². The third-order valence-corrected chi connectivity index (χ3v) is 5.67. The summed E-state index contributed by atoms with van der Waals surface area (Å²) in [6.07, 6.45) is 6.81. The van der Waals surface area contributed by atoms with Gasteiger partial charge in [0.1, 0.15) is 6.79 Å². The van der Waals surface area contributed by atoms with Gasteiger partial charge in [-0.2, -0.15) is 0 Å². The lowest BCUT2D eigenvalue weighted by Gasteiger charge is -2.59. The Morgan fingerprint density at radius 2 is 1.68 bits per heavy atom. The third-order valence-electron chi connectivity index (χ3n) is 5.67. The molecule has 0 aromatic carbocycles. The van der Waals surface area contributed by atoms with Crippen LogP contribution in [0.2, 0.25) is 0 Å². The fraction of sp³-hybridized carbons (Fsp3) is 1.00. The van der Waals surface area contributed by atoms with Crippen LogP contribution in [0, 0.1) is 29.1 Å². The molecule has 0 aromatic heterocycles. The van der Waals surface area contributed by atoms with Crippen molar-refractivity contribution in [2.75, 3.05) is 13.4 Å². The minimum Gasteiger partial charge on any atom is -0.355 e. The number of rotatable bonds is 4. The van der Waals surface area contributed by atoms with Gasteiger partial charge < -0.3 is 9.47 Å². The normalized spacial score (nSPS) is 44.8. The summed E-state index contributed by atoms with van der Waals surface area (Å²) >= 11 is 0. The quantitative estimate of drug-likeness (QED) is 0.560. The van der Waals surface area contributed by atoms with E-state index >= 15 is 0 Å². The summed E-state index contributed by atoms with van der Waals surface area (Å²) in [7, 11) is 0. The SMILES string of the molecule is CC(C)(C)COCOC12CC3C[C@H](CC(C1)[C@@H]3C)C2. The maximum absolute atomic E-state index is 6.26. The molecule has 110 valence electrons. The van der Waals surface area contributed by atoms with Crippen molar-refractivity contribution >= 4 is 0 Å². The smallest absolute Gasteiger partial charge is 0.147 e. The van der Waals surface area contributed by atoms with Crippen LogP contribution in [0.15, 0.2) is 0 Å². The maximum Gasteiger partial charge on any atom is 0.147 e. The predicted octanol–water partition coefficient (Wildman–Crippen LogP) is 4.24. The van der Waals surface area contributed by atoms with Gasteiger partial charge in [0.05, 0.1) is 12.2 Å². The van der Waals surface area contributed by atoms with Gasteiger partial charge in [-0.1, -0.05) is 27.7 Å². The van der Waals surface area contributed by atoms with Crippen molar-refractivity contribution in [3.8, 4) is 0 Å². The van der Waals surface area contributed by atoms with Crippen LogP contribution < -0.4 is 0 Å². The average molecular weight is 266 g/mol. The summed E-state index contributed by atoms with van der Waals surface area (Å²) < 4.78 is 12.0. The second kappa shape index (κ2) is 4.73. The maximum atomic E-state index is 6.26. The summed E-state index contributed by atoms with van der Waals surface area (Å²) in [6.45, 7) is 10.4. The lowest BCUT2D eigenvalue weighted by Crippen LogP contribution is -2.55. The van der Waals surface area contributed by atoms with Crippen LogP contribution in [-0.4, -0.2) is 19.0 Å². The van der Waals surface area contributed by atoms with E-state index in [0.29, 0.717) is 6.79 Å². The van der Waals surface area contributed by atoms with E-state index in [9.17, 15) is 0 Å². The Balaban J connectivity index is 1.54. The standard InChI is InChI=1S/C17H30O2/c1-12-14-5-13-6-15(12)9-17(7-13,8-14)19-11-18-10-16(2,3)4/h12-15H,5-11H2,1-4H3/t12-,13-,14?,15?,17?. The first kappa shape index (κ1) is 13.9. The average Bonchev–Trinajstić information content (AvgIpc) is 2.29. The molecule has 4 aliphatic carbocycles. The Morgan fingerprint density at radius 3 is 2.26 bits per heavy atom. The van der Waals surface area contributed by atoms with Crippen molar-refractivity contribution in [2.45, 2.75) is 65.4 Å². The third kappa shape index (κ3) is 2.85. The highest BCUT2D eigenvalue weighted by Crippen LogP contribution is 2.59. The molecule has 0 saturated heterocycles. The fourth-order valence-corrected chi connectivity index (χ4v) is 4.89. The van der Waals surface area contributed by atoms with Crippen LogP contribution >= 0.6 is 0 Å². The molecule has 0 heterocycles. The first-order valence-corrected chi connectivity index (χ1v) is 8.09. The predicted molar refractivity (Wildman–Crippen MR) is 76.8 cm³/mol. The molecule has 0 aliphatic heterocycles.